The van der Waals surface area contributed by atoms with Crippen molar-refractivity contribution in [3.05, 3.63) is 248 Å². The predicted octanol–water partition coefficient (Wildman–Crippen LogP) is 18.0. The van der Waals surface area contributed by atoms with Crippen LogP contribution in [0.1, 0.15) is 80.4 Å². The van der Waals surface area contributed by atoms with Crippen LogP contribution in [-0.4, -0.2) is 41.2 Å². The van der Waals surface area contributed by atoms with Crippen LogP contribution >= 0.6 is 0 Å². The van der Waals surface area contributed by atoms with E-state index in [1.165, 1.54) is 22.3 Å². The number of hydrogen-bond acceptors (Lipinski definition) is 6. The summed E-state index contributed by atoms with van der Waals surface area (Å²) in [6.45, 7) is 21.5. The third kappa shape index (κ3) is 8.82. The Kier molecular flexibility index (Phi) is 12.7. The van der Waals surface area contributed by atoms with Crippen LogP contribution < -0.4 is 20.7 Å². The van der Waals surface area contributed by atoms with E-state index >= 15 is 0 Å². The molecule has 0 saturated carbocycles. The van der Waals surface area contributed by atoms with Crippen molar-refractivity contribution < 1.29 is 18.6 Å². The molecule has 2 aliphatic heterocycles. The molecule has 3 aliphatic rings. The lowest BCUT2D eigenvalue weighted by Crippen LogP contribution is -2.41. The van der Waals surface area contributed by atoms with Crippen molar-refractivity contribution in [2.24, 2.45) is 0 Å². The van der Waals surface area contributed by atoms with Gasteiger partial charge in [-0.1, -0.05) is 166 Å². The van der Waals surface area contributed by atoms with Gasteiger partial charge in [0.2, 0.25) is 0 Å². The van der Waals surface area contributed by atoms with Crippen LogP contribution in [-0.2, 0) is 24.0 Å². The molecular formula is C75H69B2N3O4. The molecule has 0 atom stereocenters. The van der Waals surface area contributed by atoms with Crippen LogP contribution in [0.3, 0.4) is 0 Å². The standard InChI is InChI=1S/C75H69B2N3O4/c1-71(2)65-30-20-17-29-61(65)62-44-41-58(49-66(62)71)80-69-45-42-56(78(67-31-21-18-27-59(67)50-23-13-11-14-24-50)54-37-33-52(34-38-54)76-81-72(3,4)73(5,6)82-76)47-63(69)64-48-57(43-46-70(64)80)79(68-32-22-19-28-60(68)51-25-15-12-16-26-51)55-39-35-53(36-40-55)77-83-74(7,8)75(9,10)84-77/h11-49H,1-10H3. The van der Waals surface area contributed by atoms with Gasteiger partial charge >= 0.3 is 14.2 Å². The zero-order valence-corrected chi connectivity index (χ0v) is 49.6. The summed E-state index contributed by atoms with van der Waals surface area (Å²) < 4.78 is 28.8. The second-order valence-corrected chi connectivity index (χ2v) is 25.4. The largest absolute Gasteiger partial charge is 0.494 e. The smallest absolute Gasteiger partial charge is 0.399 e. The Labute approximate surface area is 495 Å². The summed E-state index contributed by atoms with van der Waals surface area (Å²) in [6, 6.07) is 86.3. The zero-order chi connectivity index (χ0) is 57.9. The highest BCUT2D eigenvalue weighted by Crippen LogP contribution is 2.51. The van der Waals surface area contributed by atoms with Gasteiger partial charge in [-0.2, -0.15) is 0 Å². The first-order chi connectivity index (χ1) is 40.4. The molecule has 0 amide bonds. The first-order valence-corrected chi connectivity index (χ1v) is 29.5. The summed E-state index contributed by atoms with van der Waals surface area (Å²) in [5.41, 5.74) is 19.2. The van der Waals surface area contributed by atoms with Gasteiger partial charge in [-0.25, -0.2) is 0 Å². The Morgan fingerprint density at radius 1 is 0.321 bits per heavy atom. The molecule has 0 N–H and O–H groups in total. The fourth-order valence-electron chi connectivity index (χ4n) is 12.8. The molecule has 10 aromatic carbocycles. The summed E-state index contributed by atoms with van der Waals surface area (Å²) in [5, 5.41) is 2.24. The lowest BCUT2D eigenvalue weighted by atomic mass is 9.79. The third-order valence-corrected chi connectivity index (χ3v) is 18.9. The zero-order valence-electron chi connectivity index (χ0n) is 49.6. The Morgan fingerprint density at radius 3 is 1.13 bits per heavy atom. The van der Waals surface area contributed by atoms with E-state index < -0.39 is 36.6 Å². The molecule has 0 unspecified atom stereocenters. The van der Waals surface area contributed by atoms with E-state index in [2.05, 4.69) is 320 Å². The molecule has 7 nitrogen and oxygen atoms in total. The second kappa shape index (κ2) is 19.9. The van der Waals surface area contributed by atoms with E-state index in [1.807, 2.05) is 0 Å². The van der Waals surface area contributed by atoms with Gasteiger partial charge in [-0.15, -0.1) is 0 Å². The van der Waals surface area contributed by atoms with E-state index in [4.69, 9.17) is 18.6 Å². The number of anilines is 6. The number of nitrogens with zero attached hydrogens (tertiary/aromatic N) is 3. The topological polar surface area (TPSA) is 48.3 Å². The number of rotatable bonds is 11. The first-order valence-electron chi connectivity index (χ1n) is 29.5. The fourth-order valence-corrected chi connectivity index (χ4v) is 12.8. The molecule has 0 bridgehead atoms. The van der Waals surface area contributed by atoms with Crippen molar-refractivity contribution in [3.8, 4) is 39.1 Å². The highest BCUT2D eigenvalue weighted by Gasteiger charge is 2.53. The molecule has 0 spiro atoms. The monoisotopic (exact) mass is 1100 g/mol. The van der Waals surface area contributed by atoms with E-state index in [0.717, 1.165) is 94.8 Å². The number of aromatic nitrogens is 1. The summed E-state index contributed by atoms with van der Waals surface area (Å²) in [7, 11) is -0.978. The molecule has 1 aliphatic carbocycles. The molecule has 2 fully saturated rings. The van der Waals surface area contributed by atoms with Gasteiger partial charge < -0.3 is 33.0 Å². The highest BCUT2D eigenvalue weighted by molar-refractivity contribution is 6.62. The maximum absolute atomic E-state index is 6.58. The van der Waals surface area contributed by atoms with Crippen molar-refractivity contribution in [2.75, 3.05) is 9.80 Å². The summed E-state index contributed by atoms with van der Waals surface area (Å²) in [6.07, 6.45) is 0. The van der Waals surface area contributed by atoms with Gasteiger partial charge in [-0.3, -0.25) is 0 Å². The average molecular weight is 1100 g/mol. The van der Waals surface area contributed by atoms with Crippen LogP contribution in [0, 0.1) is 0 Å². The van der Waals surface area contributed by atoms with Gasteiger partial charge in [0.05, 0.1) is 44.8 Å². The maximum atomic E-state index is 6.58. The Bertz CT molecular complexity index is 4070. The molecule has 0 radical (unpaired) electrons. The average Bonchev–Trinajstić information content (AvgIpc) is 3.33. The Hall–Kier alpha value is -8.43. The SMILES string of the molecule is CC1(C)c2ccccc2-c2ccc(-n3c4ccc(N(c5ccc(B6OC(C)(C)C(C)(C)O6)cc5)c5ccccc5-c5ccccc5)cc4c4cc(N(c5ccc(B6OC(C)(C)C(C)(C)O6)cc5)c5ccccc5-c5ccccc5)ccc43)cc21. The minimum atomic E-state index is -0.489. The summed E-state index contributed by atoms with van der Waals surface area (Å²) in [5.74, 6) is 0. The summed E-state index contributed by atoms with van der Waals surface area (Å²) in [4.78, 5) is 4.81. The van der Waals surface area contributed by atoms with Gasteiger partial charge in [0, 0.05) is 55.8 Å². The van der Waals surface area contributed by atoms with E-state index in [9.17, 15) is 0 Å². The minimum absolute atomic E-state index is 0.184. The number of benzene rings is 10. The fraction of sp³-hybridized carbons (Fsp3) is 0.200. The van der Waals surface area contributed by atoms with Crippen molar-refractivity contribution in [1.29, 1.82) is 0 Å². The molecule has 414 valence electrons. The lowest BCUT2D eigenvalue weighted by Gasteiger charge is -2.32. The second-order valence-electron chi connectivity index (χ2n) is 25.4. The van der Waals surface area contributed by atoms with Crippen molar-refractivity contribution in [1.82, 2.24) is 4.57 Å². The van der Waals surface area contributed by atoms with Gasteiger partial charge in [-0.05, 0) is 185 Å². The van der Waals surface area contributed by atoms with E-state index in [-0.39, 0.29) is 5.41 Å². The number of fused-ring (bicyclic) bond motifs is 6. The molecule has 2 saturated heterocycles. The van der Waals surface area contributed by atoms with Crippen molar-refractivity contribution in [2.45, 2.75) is 97.1 Å². The maximum Gasteiger partial charge on any atom is 0.494 e. The number of para-hydroxylation sites is 2. The van der Waals surface area contributed by atoms with Crippen LogP contribution in [0.15, 0.2) is 237 Å². The normalized spacial score (nSPS) is 16.9. The van der Waals surface area contributed by atoms with Gasteiger partial charge in [0.15, 0.2) is 0 Å². The van der Waals surface area contributed by atoms with Crippen LogP contribution in [0.25, 0.3) is 60.9 Å². The van der Waals surface area contributed by atoms with Crippen molar-refractivity contribution >= 4 is 81.1 Å². The quantitative estimate of drug-likeness (QED) is 0.120. The van der Waals surface area contributed by atoms with E-state index in [1.54, 1.807) is 0 Å². The lowest BCUT2D eigenvalue weighted by molar-refractivity contribution is 0.00578. The van der Waals surface area contributed by atoms with Gasteiger partial charge in [0.1, 0.15) is 0 Å². The van der Waals surface area contributed by atoms with Gasteiger partial charge in [0.25, 0.3) is 0 Å². The van der Waals surface area contributed by atoms with Crippen molar-refractivity contribution in [3.63, 3.8) is 0 Å². The molecule has 9 heteroatoms. The Morgan fingerprint density at radius 2 is 0.690 bits per heavy atom. The first kappa shape index (κ1) is 53.6. The minimum Gasteiger partial charge on any atom is -0.399 e. The highest BCUT2D eigenvalue weighted by atomic mass is 16.7. The Balaban J connectivity index is 0.986. The summed E-state index contributed by atoms with van der Waals surface area (Å²) >= 11 is 0. The molecule has 11 aromatic rings. The molecule has 84 heavy (non-hydrogen) atoms. The molecule has 14 rings (SSSR count). The van der Waals surface area contributed by atoms with Crippen LogP contribution in [0.4, 0.5) is 34.1 Å². The van der Waals surface area contributed by atoms with Crippen LogP contribution in [0.2, 0.25) is 0 Å². The molecule has 3 heterocycles. The molecule has 1 aromatic heterocycles. The number of hydrogen-bond donors (Lipinski definition) is 0. The predicted molar refractivity (Wildman–Crippen MR) is 350 cm³/mol. The van der Waals surface area contributed by atoms with E-state index in [0.29, 0.717) is 0 Å². The van der Waals surface area contributed by atoms with Crippen LogP contribution in [0.5, 0.6) is 0 Å². The molecular weight excluding hydrogens is 1030 g/mol. The third-order valence-electron chi connectivity index (χ3n) is 18.9.